The Kier molecular flexibility index (Phi) is 3.55. The van der Waals surface area contributed by atoms with Crippen LogP contribution >= 0.6 is 11.3 Å². The highest BCUT2D eigenvalue weighted by molar-refractivity contribution is 7.19. The molecule has 0 atom stereocenters. The van der Waals surface area contributed by atoms with Gasteiger partial charge in [0, 0.05) is 45.9 Å². The molecular weight excluding hydrogens is 376 g/mol. The molecule has 146 valence electrons. The Bertz CT molecular complexity index is 1470. The van der Waals surface area contributed by atoms with E-state index in [1.165, 1.54) is 0 Å². The number of pyridine rings is 2. The number of aromatic nitrogens is 2. The Labute approximate surface area is 177 Å². The summed E-state index contributed by atoms with van der Waals surface area (Å²) in [4.78, 5) is 10.3. The van der Waals surface area contributed by atoms with E-state index in [1.54, 1.807) is 17.5 Å². The van der Waals surface area contributed by atoms with Gasteiger partial charge in [0.05, 0.1) is 5.69 Å². The molecule has 0 aliphatic carbocycles. The van der Waals surface area contributed by atoms with Gasteiger partial charge in [-0.2, -0.15) is 0 Å². The van der Waals surface area contributed by atoms with Crippen LogP contribution in [0.1, 0.15) is 39.6 Å². The fraction of sp³-hybridized carbons (Fsp3) is 0.280. The van der Waals surface area contributed by atoms with Crippen molar-refractivity contribution in [2.24, 2.45) is 5.41 Å². The molecule has 0 fully saturated rings. The van der Waals surface area contributed by atoms with Gasteiger partial charge < -0.3 is 4.42 Å². The highest BCUT2D eigenvalue weighted by atomic mass is 32.1. The topological polar surface area (TPSA) is 38.9 Å². The van der Waals surface area contributed by atoms with Gasteiger partial charge in [-0.25, -0.2) is 4.98 Å². The average Bonchev–Trinajstić information content (AvgIpc) is 3.23. The number of thiophene rings is 1. The van der Waals surface area contributed by atoms with E-state index in [0.29, 0.717) is 5.71 Å². The van der Waals surface area contributed by atoms with E-state index >= 15 is 0 Å². The van der Waals surface area contributed by atoms with Crippen LogP contribution in [0.25, 0.3) is 43.4 Å². The number of aryl methyl sites for hydroxylation is 2. The van der Waals surface area contributed by atoms with Crippen LogP contribution in [-0.4, -0.2) is 9.97 Å². The number of benzene rings is 1. The van der Waals surface area contributed by atoms with Gasteiger partial charge >= 0.3 is 0 Å². The SMILES string of the molecule is [2H]C([2H])(c1c(C)sc2ccnc(-c3cccc4c3oc3nc(C)ccc34)c12)C(C)(C)C. The normalized spacial score (nSPS) is 14.0. The van der Waals surface area contributed by atoms with E-state index in [9.17, 15) is 0 Å². The average molecular weight is 403 g/mol. The largest absolute Gasteiger partial charge is 0.437 e. The minimum Gasteiger partial charge on any atom is -0.437 e. The summed E-state index contributed by atoms with van der Waals surface area (Å²) in [5, 5.41) is 2.84. The van der Waals surface area contributed by atoms with E-state index in [2.05, 4.69) is 4.98 Å². The number of furan rings is 1. The van der Waals surface area contributed by atoms with Crippen LogP contribution in [0.15, 0.2) is 47.0 Å². The number of fused-ring (bicyclic) bond motifs is 4. The lowest BCUT2D eigenvalue weighted by Gasteiger charge is -2.19. The molecule has 5 rings (SSSR count). The molecule has 0 saturated carbocycles. The fourth-order valence-electron chi connectivity index (χ4n) is 3.85. The quantitative estimate of drug-likeness (QED) is 0.307. The first kappa shape index (κ1) is 16.1. The van der Waals surface area contributed by atoms with Crippen molar-refractivity contribution in [3.8, 4) is 11.3 Å². The molecule has 0 saturated heterocycles. The zero-order valence-electron chi connectivity index (χ0n) is 19.3. The first-order valence-corrected chi connectivity index (χ1v) is 10.6. The predicted octanol–water partition coefficient (Wildman–Crippen LogP) is 7.46. The van der Waals surface area contributed by atoms with E-state index in [4.69, 9.17) is 12.1 Å². The Balaban J connectivity index is 1.89. The second-order valence-electron chi connectivity index (χ2n) is 8.53. The van der Waals surface area contributed by atoms with Crippen LogP contribution < -0.4 is 0 Å². The molecule has 29 heavy (non-hydrogen) atoms. The molecule has 4 aromatic heterocycles. The van der Waals surface area contributed by atoms with Crippen molar-refractivity contribution >= 4 is 43.5 Å². The summed E-state index contributed by atoms with van der Waals surface area (Å²) in [7, 11) is 0. The third-order valence-corrected chi connectivity index (χ3v) is 6.11. The van der Waals surface area contributed by atoms with Gasteiger partial charge in [-0.15, -0.1) is 11.3 Å². The minimum atomic E-state index is -1.52. The molecule has 0 amide bonds. The van der Waals surface area contributed by atoms with Crippen molar-refractivity contribution in [2.45, 2.75) is 41.0 Å². The number of hydrogen-bond donors (Lipinski definition) is 0. The highest BCUT2D eigenvalue weighted by Gasteiger charge is 2.22. The van der Waals surface area contributed by atoms with Crippen LogP contribution in [0.3, 0.4) is 0 Å². The molecule has 4 heterocycles. The number of rotatable bonds is 2. The Morgan fingerprint density at radius 1 is 1.07 bits per heavy atom. The Hall–Kier alpha value is -2.72. The van der Waals surface area contributed by atoms with Crippen molar-refractivity contribution < 1.29 is 7.16 Å². The van der Waals surface area contributed by atoms with Crippen LogP contribution in [0.2, 0.25) is 0 Å². The first-order valence-electron chi connectivity index (χ1n) is 10.8. The van der Waals surface area contributed by atoms with Gasteiger partial charge in [-0.1, -0.05) is 32.9 Å². The number of para-hydroxylation sites is 1. The minimum absolute atomic E-state index is 0.564. The van der Waals surface area contributed by atoms with E-state index in [-0.39, 0.29) is 0 Å². The lowest BCUT2D eigenvalue weighted by Crippen LogP contribution is -2.09. The summed E-state index contributed by atoms with van der Waals surface area (Å²) in [6.07, 6.45) is 0.279. The van der Waals surface area contributed by atoms with E-state index in [1.807, 2.05) is 71.0 Å². The summed E-state index contributed by atoms with van der Waals surface area (Å²) in [6, 6.07) is 12.0. The van der Waals surface area contributed by atoms with E-state index < -0.39 is 11.8 Å². The first-order chi connectivity index (χ1) is 14.6. The second-order valence-corrected chi connectivity index (χ2v) is 9.79. The molecule has 0 spiro atoms. The number of nitrogens with zero attached hydrogens (tertiary/aromatic N) is 2. The van der Waals surface area contributed by atoms with Gasteiger partial charge in [0.1, 0.15) is 5.58 Å². The highest BCUT2D eigenvalue weighted by Crippen LogP contribution is 2.42. The molecule has 0 unspecified atom stereocenters. The van der Waals surface area contributed by atoms with Crippen LogP contribution in [0.4, 0.5) is 0 Å². The molecule has 1 aromatic carbocycles. The summed E-state index contributed by atoms with van der Waals surface area (Å²) in [5.41, 5.74) is 4.04. The second kappa shape index (κ2) is 6.39. The Morgan fingerprint density at radius 2 is 1.90 bits per heavy atom. The standard InChI is InChI=1S/C25H24N2OS/c1-14-9-10-17-16-7-6-8-18(23(16)28-24(17)27-14)22-21-19(13-25(3,4)5)15(2)29-20(21)11-12-26-22/h6-12H,13H2,1-5H3/i13D2. The molecule has 0 aliphatic heterocycles. The van der Waals surface area contributed by atoms with Crippen molar-refractivity contribution in [1.29, 1.82) is 0 Å². The summed E-state index contributed by atoms with van der Waals surface area (Å²) < 4.78 is 25.3. The lowest BCUT2D eigenvalue weighted by atomic mass is 9.86. The van der Waals surface area contributed by atoms with Crippen LogP contribution in [0, 0.1) is 19.3 Å². The van der Waals surface area contributed by atoms with Crippen molar-refractivity contribution in [1.82, 2.24) is 9.97 Å². The van der Waals surface area contributed by atoms with Gasteiger partial charge in [-0.3, -0.25) is 4.98 Å². The maximum Gasteiger partial charge on any atom is 0.227 e. The number of hydrogen-bond acceptors (Lipinski definition) is 4. The van der Waals surface area contributed by atoms with Gasteiger partial charge in [0.15, 0.2) is 0 Å². The third-order valence-electron chi connectivity index (χ3n) is 5.04. The fourth-order valence-corrected chi connectivity index (χ4v) is 4.87. The molecular formula is C25H24N2OS. The zero-order chi connectivity index (χ0) is 22.1. The summed E-state index contributed by atoms with van der Waals surface area (Å²) in [6.45, 7) is 9.78. The maximum atomic E-state index is 9.00. The molecule has 4 heteroatoms. The van der Waals surface area contributed by atoms with Crippen molar-refractivity contribution in [3.63, 3.8) is 0 Å². The van der Waals surface area contributed by atoms with Gasteiger partial charge in [-0.05, 0) is 55.5 Å². The van der Waals surface area contributed by atoms with Gasteiger partial charge in [0.25, 0.3) is 0 Å². The van der Waals surface area contributed by atoms with Crippen molar-refractivity contribution in [3.05, 3.63) is 58.7 Å². The van der Waals surface area contributed by atoms with Gasteiger partial charge in [0.2, 0.25) is 5.71 Å². The molecule has 0 radical (unpaired) electrons. The maximum absolute atomic E-state index is 9.00. The smallest absolute Gasteiger partial charge is 0.227 e. The summed E-state index contributed by atoms with van der Waals surface area (Å²) >= 11 is 1.62. The lowest BCUT2D eigenvalue weighted by molar-refractivity contribution is 0.412. The van der Waals surface area contributed by atoms with Crippen LogP contribution in [-0.2, 0) is 6.37 Å². The zero-order valence-corrected chi connectivity index (χ0v) is 18.1. The molecule has 0 N–H and O–H groups in total. The third kappa shape index (κ3) is 3.03. The monoisotopic (exact) mass is 402 g/mol. The predicted molar refractivity (Wildman–Crippen MR) is 123 cm³/mol. The molecule has 0 bridgehead atoms. The summed E-state index contributed by atoms with van der Waals surface area (Å²) in [5.74, 6) is 0. The Morgan fingerprint density at radius 3 is 2.69 bits per heavy atom. The molecule has 0 aliphatic rings. The van der Waals surface area contributed by atoms with Crippen LogP contribution in [0.5, 0.6) is 0 Å². The molecule has 5 aromatic rings. The molecule has 3 nitrogen and oxygen atoms in total. The van der Waals surface area contributed by atoms with Crippen molar-refractivity contribution in [2.75, 3.05) is 0 Å². The van der Waals surface area contributed by atoms with E-state index in [0.717, 1.165) is 53.8 Å².